The number of aromatic nitrogens is 3. The molecule has 0 spiro atoms. The van der Waals surface area contributed by atoms with Crippen molar-refractivity contribution in [1.82, 2.24) is 14.8 Å². The van der Waals surface area contributed by atoms with Crippen molar-refractivity contribution in [2.24, 2.45) is 5.73 Å². The molecule has 2 N–H and O–H groups in total. The Labute approximate surface area is 111 Å². The first kappa shape index (κ1) is 11.6. The van der Waals surface area contributed by atoms with Crippen LogP contribution in [0.25, 0.3) is 22.8 Å². The van der Waals surface area contributed by atoms with Crippen LogP contribution in [0.5, 0.6) is 0 Å². The second-order valence-corrected chi connectivity index (χ2v) is 4.19. The van der Waals surface area contributed by atoms with Crippen LogP contribution in [0.2, 0.25) is 0 Å². The second-order valence-electron chi connectivity index (χ2n) is 4.19. The Morgan fingerprint density at radius 3 is 1.53 bits per heavy atom. The Hall–Kier alpha value is -2.46. The van der Waals surface area contributed by atoms with Gasteiger partial charge in [-0.15, -0.1) is 10.2 Å². The van der Waals surface area contributed by atoms with Crippen LogP contribution in [0.1, 0.15) is 0 Å². The van der Waals surface area contributed by atoms with E-state index in [1.54, 1.807) is 0 Å². The van der Waals surface area contributed by atoms with Crippen LogP contribution in [0.3, 0.4) is 0 Å². The molecule has 0 saturated heterocycles. The van der Waals surface area contributed by atoms with Crippen LogP contribution in [0.15, 0.2) is 60.7 Å². The Morgan fingerprint density at radius 1 is 0.737 bits per heavy atom. The molecule has 0 atom stereocenters. The third kappa shape index (κ3) is 2.13. The van der Waals surface area contributed by atoms with Crippen LogP contribution < -0.4 is 5.73 Å². The molecule has 0 radical (unpaired) electrons. The van der Waals surface area contributed by atoms with Gasteiger partial charge >= 0.3 is 0 Å². The minimum absolute atomic E-state index is 0.349. The van der Waals surface area contributed by atoms with Gasteiger partial charge in [0.15, 0.2) is 11.6 Å². The third-order valence-corrected chi connectivity index (χ3v) is 3.00. The Balaban J connectivity index is 2.13. The second kappa shape index (κ2) is 5.04. The molecule has 0 aliphatic heterocycles. The molecule has 0 unspecified atom stereocenters. The van der Waals surface area contributed by atoms with Gasteiger partial charge in [-0.3, -0.25) is 4.57 Å². The molecule has 0 saturated carbocycles. The maximum atomic E-state index is 5.85. The van der Waals surface area contributed by atoms with Crippen LogP contribution in [-0.4, -0.2) is 14.8 Å². The lowest BCUT2D eigenvalue weighted by molar-refractivity contribution is 0.744. The van der Waals surface area contributed by atoms with E-state index in [9.17, 15) is 0 Å². The van der Waals surface area contributed by atoms with E-state index >= 15 is 0 Å². The number of nitrogens with two attached hydrogens (primary N) is 1. The fourth-order valence-electron chi connectivity index (χ4n) is 2.08. The highest BCUT2D eigenvalue weighted by molar-refractivity contribution is 5.62. The summed E-state index contributed by atoms with van der Waals surface area (Å²) in [6.45, 7) is 0.349. The van der Waals surface area contributed by atoms with Gasteiger partial charge in [0.05, 0.1) is 6.67 Å². The summed E-state index contributed by atoms with van der Waals surface area (Å²) in [5.74, 6) is 1.59. The van der Waals surface area contributed by atoms with Crippen LogP contribution >= 0.6 is 0 Å². The fourth-order valence-corrected chi connectivity index (χ4v) is 2.08. The molecule has 4 heteroatoms. The molecule has 0 amide bonds. The number of hydrogen-bond donors (Lipinski definition) is 1. The van der Waals surface area contributed by atoms with E-state index in [-0.39, 0.29) is 0 Å². The monoisotopic (exact) mass is 250 g/mol. The van der Waals surface area contributed by atoms with Gasteiger partial charge in [-0.2, -0.15) is 0 Å². The minimum Gasteiger partial charge on any atom is -0.313 e. The summed E-state index contributed by atoms with van der Waals surface area (Å²) in [4.78, 5) is 0. The Kier molecular flexibility index (Phi) is 3.08. The zero-order chi connectivity index (χ0) is 13.1. The van der Waals surface area contributed by atoms with Crippen LogP contribution in [0.4, 0.5) is 0 Å². The summed E-state index contributed by atoms with van der Waals surface area (Å²) in [5.41, 5.74) is 7.89. The maximum Gasteiger partial charge on any atom is 0.165 e. The van der Waals surface area contributed by atoms with Crippen LogP contribution in [-0.2, 0) is 6.67 Å². The molecule has 0 fully saturated rings. The molecule has 0 aliphatic carbocycles. The number of benzene rings is 2. The Morgan fingerprint density at radius 2 is 1.16 bits per heavy atom. The highest BCUT2D eigenvalue weighted by Crippen LogP contribution is 2.23. The lowest BCUT2D eigenvalue weighted by Crippen LogP contribution is -2.10. The average molecular weight is 250 g/mol. The zero-order valence-electron chi connectivity index (χ0n) is 10.4. The van der Waals surface area contributed by atoms with Crippen molar-refractivity contribution < 1.29 is 0 Å². The smallest absolute Gasteiger partial charge is 0.165 e. The molecule has 1 heterocycles. The van der Waals surface area contributed by atoms with Crippen molar-refractivity contribution in [3.63, 3.8) is 0 Å². The summed E-state index contributed by atoms with van der Waals surface area (Å²) in [5, 5.41) is 8.53. The molecule has 1 aromatic heterocycles. The van der Waals surface area contributed by atoms with E-state index in [2.05, 4.69) is 10.2 Å². The van der Waals surface area contributed by atoms with E-state index in [1.807, 2.05) is 65.2 Å². The standard InChI is InChI=1S/C15H14N4/c16-11-19-14(12-7-3-1-4-8-12)17-18-15(19)13-9-5-2-6-10-13/h1-10H,11,16H2. The zero-order valence-corrected chi connectivity index (χ0v) is 10.4. The van der Waals surface area contributed by atoms with Crippen molar-refractivity contribution in [3.8, 4) is 22.8 Å². The van der Waals surface area contributed by atoms with Gasteiger partial charge in [0.25, 0.3) is 0 Å². The summed E-state index contributed by atoms with van der Waals surface area (Å²) in [7, 11) is 0. The Bertz CT molecular complexity index is 602. The lowest BCUT2D eigenvalue weighted by Gasteiger charge is -2.07. The van der Waals surface area contributed by atoms with Gasteiger partial charge in [0.2, 0.25) is 0 Å². The highest BCUT2D eigenvalue weighted by Gasteiger charge is 2.13. The van der Waals surface area contributed by atoms with E-state index in [1.165, 1.54) is 0 Å². The van der Waals surface area contributed by atoms with E-state index in [4.69, 9.17) is 5.73 Å². The highest BCUT2D eigenvalue weighted by atomic mass is 15.3. The molecular formula is C15H14N4. The van der Waals surface area contributed by atoms with E-state index in [0.717, 1.165) is 22.8 Å². The van der Waals surface area contributed by atoms with Crippen molar-refractivity contribution in [2.75, 3.05) is 0 Å². The third-order valence-electron chi connectivity index (χ3n) is 3.00. The van der Waals surface area contributed by atoms with Crippen molar-refractivity contribution >= 4 is 0 Å². The lowest BCUT2D eigenvalue weighted by atomic mass is 10.2. The first-order valence-electron chi connectivity index (χ1n) is 6.14. The first-order chi connectivity index (χ1) is 9.40. The first-order valence-corrected chi connectivity index (χ1v) is 6.14. The fraction of sp³-hybridized carbons (Fsp3) is 0.0667. The molecule has 19 heavy (non-hydrogen) atoms. The molecule has 0 bridgehead atoms. The normalized spacial score (nSPS) is 10.6. The number of nitrogens with zero attached hydrogens (tertiary/aromatic N) is 3. The molecule has 3 rings (SSSR count). The van der Waals surface area contributed by atoms with Gasteiger partial charge < -0.3 is 5.73 Å². The predicted molar refractivity (Wildman–Crippen MR) is 75.1 cm³/mol. The summed E-state index contributed by atoms with van der Waals surface area (Å²) < 4.78 is 1.92. The maximum absolute atomic E-state index is 5.85. The molecule has 0 aliphatic rings. The molecule has 4 nitrogen and oxygen atoms in total. The van der Waals surface area contributed by atoms with Gasteiger partial charge in [0, 0.05) is 11.1 Å². The van der Waals surface area contributed by atoms with Crippen molar-refractivity contribution in [2.45, 2.75) is 6.67 Å². The largest absolute Gasteiger partial charge is 0.313 e. The van der Waals surface area contributed by atoms with Crippen molar-refractivity contribution in [1.29, 1.82) is 0 Å². The topological polar surface area (TPSA) is 56.7 Å². The summed E-state index contributed by atoms with van der Waals surface area (Å²) in [6.07, 6.45) is 0. The molecular weight excluding hydrogens is 236 g/mol. The summed E-state index contributed by atoms with van der Waals surface area (Å²) in [6, 6.07) is 19.9. The van der Waals surface area contributed by atoms with Crippen molar-refractivity contribution in [3.05, 3.63) is 60.7 Å². The van der Waals surface area contributed by atoms with Crippen LogP contribution in [0, 0.1) is 0 Å². The average Bonchev–Trinajstić information content (AvgIpc) is 2.93. The minimum atomic E-state index is 0.349. The number of rotatable bonds is 3. The molecule has 3 aromatic rings. The number of hydrogen-bond acceptors (Lipinski definition) is 3. The van der Waals surface area contributed by atoms with Gasteiger partial charge in [-0.05, 0) is 0 Å². The van der Waals surface area contributed by atoms with E-state index in [0.29, 0.717) is 6.67 Å². The SMILES string of the molecule is NCn1c(-c2ccccc2)nnc1-c1ccccc1. The van der Waals surface area contributed by atoms with Gasteiger partial charge in [0.1, 0.15) is 0 Å². The van der Waals surface area contributed by atoms with Gasteiger partial charge in [-0.1, -0.05) is 60.7 Å². The molecule has 2 aromatic carbocycles. The summed E-state index contributed by atoms with van der Waals surface area (Å²) >= 11 is 0. The predicted octanol–water partition coefficient (Wildman–Crippen LogP) is 2.53. The van der Waals surface area contributed by atoms with E-state index < -0.39 is 0 Å². The molecule has 94 valence electrons. The van der Waals surface area contributed by atoms with Gasteiger partial charge in [-0.25, -0.2) is 0 Å². The quantitative estimate of drug-likeness (QED) is 0.777.